The molecule has 0 atom stereocenters. The summed E-state index contributed by atoms with van der Waals surface area (Å²) in [6.45, 7) is 4.09. The molecule has 2 aromatic rings. The van der Waals surface area contributed by atoms with Crippen LogP contribution < -0.4 is 9.64 Å². The molecule has 3 aliphatic heterocycles. The molecule has 1 fully saturated rings. The van der Waals surface area contributed by atoms with E-state index in [0.29, 0.717) is 18.8 Å². The van der Waals surface area contributed by atoms with Crippen molar-refractivity contribution < 1.29 is 14.3 Å². The molecule has 0 aliphatic carbocycles. The van der Waals surface area contributed by atoms with Gasteiger partial charge in [0.05, 0.1) is 12.8 Å². The number of rotatable bonds is 8. The molecular weight excluding hydrogens is 412 g/mol. The Bertz CT molecular complexity index is 1040. The Balaban J connectivity index is 1.09. The Morgan fingerprint density at radius 3 is 2.61 bits per heavy atom. The lowest BCUT2D eigenvalue weighted by Gasteiger charge is -2.32. The fourth-order valence-corrected chi connectivity index (χ4v) is 5.71. The average molecular weight is 447 g/mol. The van der Waals surface area contributed by atoms with E-state index in [9.17, 15) is 9.59 Å². The lowest BCUT2D eigenvalue weighted by molar-refractivity contribution is -0.118. The summed E-state index contributed by atoms with van der Waals surface area (Å²) in [4.78, 5) is 29.6. The molecule has 0 spiro atoms. The second-order valence-electron chi connectivity index (χ2n) is 9.79. The van der Waals surface area contributed by atoms with Gasteiger partial charge in [-0.2, -0.15) is 0 Å². The van der Waals surface area contributed by atoms with Crippen molar-refractivity contribution in [3.05, 3.63) is 58.7 Å². The van der Waals surface area contributed by atoms with Gasteiger partial charge in [0.1, 0.15) is 5.75 Å². The number of ether oxygens (including phenoxy) is 1. The van der Waals surface area contributed by atoms with Gasteiger partial charge in [0.25, 0.3) is 0 Å². The number of likely N-dealkylation sites (tertiary alicyclic amines) is 1. The molecule has 1 saturated heterocycles. The number of piperidine rings is 1. The summed E-state index contributed by atoms with van der Waals surface area (Å²) in [6.07, 6.45) is 7.24. The van der Waals surface area contributed by atoms with Crippen LogP contribution in [-0.4, -0.2) is 49.9 Å². The number of carbonyl (C=O) groups excluding carboxylic acids is 2. The van der Waals surface area contributed by atoms with Crippen LogP contribution in [0.3, 0.4) is 0 Å². The third-order valence-corrected chi connectivity index (χ3v) is 7.71. The van der Waals surface area contributed by atoms with Crippen LogP contribution in [0.15, 0.2) is 36.4 Å². The Morgan fingerprint density at radius 1 is 1.03 bits per heavy atom. The Labute approximate surface area is 196 Å². The molecule has 174 valence electrons. The minimum atomic E-state index is 0.232. The van der Waals surface area contributed by atoms with Crippen LogP contribution in [0.1, 0.15) is 59.2 Å². The van der Waals surface area contributed by atoms with Crippen molar-refractivity contribution in [1.82, 2.24) is 4.90 Å². The Hall–Kier alpha value is -2.66. The summed E-state index contributed by atoms with van der Waals surface area (Å²) >= 11 is 0. The smallest absolute Gasteiger partial charge is 0.227 e. The first-order chi connectivity index (χ1) is 16.1. The first-order valence-corrected chi connectivity index (χ1v) is 12.5. The summed E-state index contributed by atoms with van der Waals surface area (Å²) in [5.41, 5.74) is 5.66. The highest BCUT2D eigenvalue weighted by Crippen LogP contribution is 2.38. The first-order valence-electron chi connectivity index (χ1n) is 12.5. The molecule has 0 unspecified atom stereocenters. The van der Waals surface area contributed by atoms with E-state index >= 15 is 0 Å². The fraction of sp³-hybridized carbons (Fsp3) is 0.500. The van der Waals surface area contributed by atoms with Crippen LogP contribution in [-0.2, 0) is 24.1 Å². The topological polar surface area (TPSA) is 49.9 Å². The van der Waals surface area contributed by atoms with Crippen LogP contribution in [0.4, 0.5) is 5.69 Å². The Kier molecular flexibility index (Phi) is 6.50. The summed E-state index contributed by atoms with van der Waals surface area (Å²) in [5, 5.41) is 0. The van der Waals surface area contributed by atoms with Crippen molar-refractivity contribution in [1.29, 1.82) is 0 Å². The minimum absolute atomic E-state index is 0.232. The zero-order valence-corrected chi connectivity index (χ0v) is 19.6. The van der Waals surface area contributed by atoms with E-state index in [1.807, 2.05) is 11.0 Å². The quantitative estimate of drug-likeness (QED) is 0.562. The zero-order chi connectivity index (χ0) is 22.8. The highest BCUT2D eigenvalue weighted by molar-refractivity contribution is 6.02. The standard InChI is InChI=1S/C28H34N2O3/c1-33-25-4-2-3-21(17-25)11-15-29-13-9-20(10-14-29)5-7-26(31)24-18-22-6-8-27(32)30-16-12-23(19-24)28(22)30/h2-4,17-20H,5-16H2,1H3. The van der Waals surface area contributed by atoms with E-state index in [-0.39, 0.29) is 11.7 Å². The first kappa shape index (κ1) is 22.1. The predicted octanol–water partition coefficient (Wildman–Crippen LogP) is 4.45. The molecule has 0 bridgehead atoms. The number of methoxy groups -OCH3 is 1. The molecule has 2 aromatic carbocycles. The molecule has 3 aliphatic rings. The van der Waals surface area contributed by atoms with Gasteiger partial charge < -0.3 is 14.5 Å². The lowest BCUT2D eigenvalue weighted by atomic mass is 9.89. The lowest BCUT2D eigenvalue weighted by Crippen LogP contribution is -2.35. The van der Waals surface area contributed by atoms with Crippen LogP contribution in [0, 0.1) is 5.92 Å². The van der Waals surface area contributed by atoms with Crippen molar-refractivity contribution in [3.63, 3.8) is 0 Å². The predicted molar refractivity (Wildman–Crippen MR) is 130 cm³/mol. The number of ketones is 1. The second kappa shape index (κ2) is 9.68. The van der Waals surface area contributed by atoms with Crippen molar-refractivity contribution in [2.24, 2.45) is 5.92 Å². The molecule has 5 rings (SSSR count). The highest BCUT2D eigenvalue weighted by atomic mass is 16.5. The largest absolute Gasteiger partial charge is 0.497 e. The van der Waals surface area contributed by atoms with Crippen LogP contribution in [0.2, 0.25) is 0 Å². The summed E-state index contributed by atoms with van der Waals surface area (Å²) in [6, 6.07) is 12.5. The molecular formula is C28H34N2O3. The van der Waals surface area contributed by atoms with Crippen molar-refractivity contribution in [3.8, 4) is 5.75 Å². The maximum atomic E-state index is 13.0. The molecule has 3 heterocycles. The molecule has 0 aromatic heterocycles. The number of amides is 1. The molecule has 0 radical (unpaired) electrons. The van der Waals surface area contributed by atoms with E-state index in [0.717, 1.165) is 68.9 Å². The van der Waals surface area contributed by atoms with Crippen LogP contribution in [0.5, 0.6) is 5.75 Å². The van der Waals surface area contributed by atoms with Gasteiger partial charge >= 0.3 is 0 Å². The monoisotopic (exact) mass is 446 g/mol. The molecule has 33 heavy (non-hydrogen) atoms. The summed E-state index contributed by atoms with van der Waals surface area (Å²) < 4.78 is 5.33. The molecule has 0 N–H and O–H groups in total. The fourth-order valence-electron chi connectivity index (χ4n) is 5.71. The third-order valence-electron chi connectivity index (χ3n) is 7.71. The second-order valence-corrected chi connectivity index (χ2v) is 9.79. The number of hydrogen-bond donors (Lipinski definition) is 0. The number of anilines is 1. The number of nitrogens with zero attached hydrogens (tertiary/aromatic N) is 2. The third kappa shape index (κ3) is 4.84. The van der Waals surface area contributed by atoms with Gasteiger partial charge in [-0.3, -0.25) is 9.59 Å². The van der Waals surface area contributed by atoms with E-state index < -0.39 is 0 Å². The normalized spacial score (nSPS) is 18.5. The minimum Gasteiger partial charge on any atom is -0.497 e. The summed E-state index contributed by atoms with van der Waals surface area (Å²) in [5.74, 6) is 2.07. The van der Waals surface area contributed by atoms with Crippen molar-refractivity contribution in [2.45, 2.75) is 51.4 Å². The van der Waals surface area contributed by atoms with E-state index in [1.165, 1.54) is 29.5 Å². The van der Waals surface area contributed by atoms with E-state index in [1.54, 1.807) is 7.11 Å². The SMILES string of the molecule is COc1cccc(CCN2CCC(CCC(=O)c3cc4c5c(c3)CCN5C(=O)CC4)CC2)c1. The van der Waals surface area contributed by atoms with Gasteiger partial charge in [-0.15, -0.1) is 0 Å². The number of Topliss-reactive ketones (excluding diaryl/α,β-unsaturated/α-hetero) is 1. The van der Waals surface area contributed by atoms with Gasteiger partial charge in [0.15, 0.2) is 5.78 Å². The van der Waals surface area contributed by atoms with Crippen molar-refractivity contribution >= 4 is 17.4 Å². The highest BCUT2D eigenvalue weighted by Gasteiger charge is 2.32. The molecule has 0 saturated carbocycles. The number of aryl methyl sites for hydroxylation is 1. The van der Waals surface area contributed by atoms with E-state index in [2.05, 4.69) is 35.2 Å². The maximum absolute atomic E-state index is 13.0. The van der Waals surface area contributed by atoms with Crippen molar-refractivity contribution in [2.75, 3.05) is 38.2 Å². The Morgan fingerprint density at radius 2 is 1.82 bits per heavy atom. The molecule has 5 heteroatoms. The van der Waals surface area contributed by atoms with Crippen LogP contribution in [0.25, 0.3) is 0 Å². The zero-order valence-electron chi connectivity index (χ0n) is 19.6. The van der Waals surface area contributed by atoms with Gasteiger partial charge in [0, 0.05) is 31.5 Å². The average Bonchev–Trinajstić information content (AvgIpc) is 3.29. The number of carbonyl (C=O) groups is 2. The van der Waals surface area contributed by atoms with Crippen LogP contribution >= 0.6 is 0 Å². The maximum Gasteiger partial charge on any atom is 0.227 e. The molecule has 1 amide bonds. The van der Waals surface area contributed by atoms with Gasteiger partial charge in [-0.25, -0.2) is 0 Å². The summed E-state index contributed by atoms with van der Waals surface area (Å²) in [7, 11) is 1.71. The van der Waals surface area contributed by atoms with E-state index in [4.69, 9.17) is 4.74 Å². The van der Waals surface area contributed by atoms with Gasteiger partial charge in [-0.1, -0.05) is 12.1 Å². The van der Waals surface area contributed by atoms with Gasteiger partial charge in [-0.05, 0) is 98.5 Å². The number of hydrogen-bond acceptors (Lipinski definition) is 4. The molecule has 5 nitrogen and oxygen atoms in total. The van der Waals surface area contributed by atoms with Gasteiger partial charge in [0.2, 0.25) is 5.91 Å². The number of benzene rings is 2.